The summed E-state index contributed by atoms with van der Waals surface area (Å²) in [4.78, 5) is 6.86. The van der Waals surface area contributed by atoms with E-state index in [1.807, 2.05) is 0 Å². The van der Waals surface area contributed by atoms with E-state index in [1.54, 1.807) is 0 Å². The first-order chi connectivity index (χ1) is 7.24. The molecule has 5 heteroatoms. The lowest BCUT2D eigenvalue weighted by Crippen LogP contribution is -2.27. The highest BCUT2D eigenvalue weighted by Gasteiger charge is 2.30. The Hall–Kier alpha value is -0.680. The van der Waals surface area contributed by atoms with Gasteiger partial charge in [0.05, 0.1) is 0 Å². The van der Waals surface area contributed by atoms with Gasteiger partial charge in [-0.2, -0.15) is 4.37 Å². The highest BCUT2D eigenvalue weighted by atomic mass is 32.1. The fourth-order valence-corrected chi connectivity index (χ4v) is 2.95. The zero-order valence-corrected chi connectivity index (χ0v) is 10.1. The van der Waals surface area contributed by atoms with Gasteiger partial charge in [0, 0.05) is 30.5 Å². The van der Waals surface area contributed by atoms with Crippen molar-refractivity contribution >= 4 is 16.7 Å². The van der Waals surface area contributed by atoms with Gasteiger partial charge >= 0.3 is 0 Å². The minimum Gasteiger partial charge on any atom is -0.344 e. The molecule has 1 aliphatic heterocycles. The van der Waals surface area contributed by atoms with Gasteiger partial charge in [0.2, 0.25) is 5.13 Å². The molecule has 0 aliphatic carbocycles. The highest BCUT2D eigenvalue weighted by molar-refractivity contribution is 7.09. The average Bonchev–Trinajstić information content (AvgIpc) is 2.83. The Morgan fingerprint density at radius 3 is 2.93 bits per heavy atom. The largest absolute Gasteiger partial charge is 0.344 e. The maximum atomic E-state index is 5.71. The van der Waals surface area contributed by atoms with Crippen LogP contribution < -0.4 is 10.6 Å². The van der Waals surface area contributed by atoms with E-state index in [-0.39, 0.29) is 0 Å². The second-order valence-corrected chi connectivity index (χ2v) is 4.92. The third-order valence-corrected chi connectivity index (χ3v) is 3.81. The van der Waals surface area contributed by atoms with Gasteiger partial charge < -0.3 is 10.6 Å². The SMILES string of the molecule is CCc1nsc(N2CC(CN)CC2C)n1. The quantitative estimate of drug-likeness (QED) is 0.843. The van der Waals surface area contributed by atoms with E-state index in [0.717, 1.165) is 30.5 Å². The van der Waals surface area contributed by atoms with Gasteiger partial charge in [-0.1, -0.05) is 6.92 Å². The number of nitrogens with zero attached hydrogens (tertiary/aromatic N) is 3. The summed E-state index contributed by atoms with van der Waals surface area (Å²) in [5.41, 5.74) is 5.71. The second-order valence-electron chi connectivity index (χ2n) is 4.19. The Kier molecular flexibility index (Phi) is 3.21. The topological polar surface area (TPSA) is 55.0 Å². The predicted molar refractivity (Wildman–Crippen MR) is 63.3 cm³/mol. The molecule has 2 rings (SSSR count). The molecule has 2 N–H and O–H groups in total. The van der Waals surface area contributed by atoms with Crippen LogP contribution in [0.5, 0.6) is 0 Å². The fraction of sp³-hybridized carbons (Fsp3) is 0.800. The Balaban J connectivity index is 2.10. The average molecular weight is 226 g/mol. The van der Waals surface area contributed by atoms with Gasteiger partial charge in [0.15, 0.2) is 0 Å². The molecule has 84 valence electrons. The number of aryl methyl sites for hydroxylation is 1. The van der Waals surface area contributed by atoms with Crippen molar-refractivity contribution < 1.29 is 0 Å². The minimum atomic E-state index is 0.552. The minimum absolute atomic E-state index is 0.552. The summed E-state index contributed by atoms with van der Waals surface area (Å²) >= 11 is 1.51. The van der Waals surface area contributed by atoms with Crippen LogP contribution >= 0.6 is 11.5 Å². The highest BCUT2D eigenvalue weighted by Crippen LogP contribution is 2.29. The number of hydrogen-bond donors (Lipinski definition) is 1. The van der Waals surface area contributed by atoms with Crippen LogP contribution in [-0.2, 0) is 6.42 Å². The summed E-state index contributed by atoms with van der Waals surface area (Å²) < 4.78 is 4.32. The molecule has 15 heavy (non-hydrogen) atoms. The molecule has 1 aromatic heterocycles. The van der Waals surface area contributed by atoms with Crippen molar-refractivity contribution in [2.75, 3.05) is 18.0 Å². The van der Waals surface area contributed by atoms with Crippen LogP contribution in [0.3, 0.4) is 0 Å². The predicted octanol–water partition coefficient (Wildman–Crippen LogP) is 1.27. The van der Waals surface area contributed by atoms with Gasteiger partial charge in [-0.3, -0.25) is 0 Å². The van der Waals surface area contributed by atoms with E-state index in [9.17, 15) is 0 Å². The van der Waals surface area contributed by atoms with Crippen molar-refractivity contribution in [3.05, 3.63) is 5.82 Å². The number of aromatic nitrogens is 2. The summed E-state index contributed by atoms with van der Waals surface area (Å²) in [5, 5.41) is 1.07. The van der Waals surface area contributed by atoms with Crippen molar-refractivity contribution in [3.8, 4) is 0 Å². The van der Waals surface area contributed by atoms with Crippen LogP contribution in [0, 0.1) is 5.92 Å². The summed E-state index contributed by atoms with van der Waals surface area (Å²) in [6, 6.07) is 0.552. The van der Waals surface area contributed by atoms with Gasteiger partial charge in [-0.25, -0.2) is 4.98 Å². The molecule has 1 saturated heterocycles. The molecular formula is C10H18N4S. The molecule has 2 atom stereocenters. The zero-order chi connectivity index (χ0) is 10.8. The van der Waals surface area contributed by atoms with E-state index in [0.29, 0.717) is 12.0 Å². The standard InChI is InChI=1S/C10H18N4S/c1-3-9-12-10(15-13-9)14-6-8(5-11)4-7(14)2/h7-8H,3-6,11H2,1-2H3. The molecule has 0 saturated carbocycles. The molecule has 2 unspecified atom stereocenters. The Morgan fingerprint density at radius 2 is 2.40 bits per heavy atom. The van der Waals surface area contributed by atoms with Crippen LogP contribution in [0.2, 0.25) is 0 Å². The van der Waals surface area contributed by atoms with E-state index >= 15 is 0 Å². The second kappa shape index (κ2) is 4.45. The Morgan fingerprint density at radius 1 is 1.60 bits per heavy atom. The Labute approximate surface area is 94.7 Å². The summed E-state index contributed by atoms with van der Waals surface area (Å²) in [6.07, 6.45) is 2.09. The molecule has 0 aromatic carbocycles. The van der Waals surface area contributed by atoms with Crippen molar-refractivity contribution in [3.63, 3.8) is 0 Å². The van der Waals surface area contributed by atoms with Crippen molar-refractivity contribution in [1.82, 2.24) is 9.36 Å². The number of rotatable bonds is 3. The van der Waals surface area contributed by atoms with Gasteiger partial charge in [0.1, 0.15) is 5.82 Å². The molecule has 0 bridgehead atoms. The van der Waals surface area contributed by atoms with Crippen LogP contribution in [0.1, 0.15) is 26.1 Å². The zero-order valence-electron chi connectivity index (χ0n) is 9.31. The third-order valence-electron chi connectivity index (χ3n) is 3.01. The van der Waals surface area contributed by atoms with Crippen LogP contribution in [0.25, 0.3) is 0 Å². The smallest absolute Gasteiger partial charge is 0.205 e. The molecule has 0 amide bonds. The number of nitrogens with two attached hydrogens (primary N) is 1. The molecule has 1 aliphatic rings. The molecule has 4 nitrogen and oxygen atoms in total. The first kappa shape index (κ1) is 10.8. The van der Waals surface area contributed by atoms with Crippen LogP contribution in [-0.4, -0.2) is 28.5 Å². The van der Waals surface area contributed by atoms with Gasteiger partial charge in [0.25, 0.3) is 0 Å². The van der Waals surface area contributed by atoms with Crippen LogP contribution in [0.15, 0.2) is 0 Å². The van der Waals surface area contributed by atoms with E-state index < -0.39 is 0 Å². The van der Waals surface area contributed by atoms with E-state index in [4.69, 9.17) is 5.73 Å². The van der Waals surface area contributed by atoms with Crippen molar-refractivity contribution in [1.29, 1.82) is 0 Å². The Bertz CT molecular complexity index is 325. The molecule has 2 heterocycles. The first-order valence-electron chi connectivity index (χ1n) is 5.53. The van der Waals surface area contributed by atoms with Crippen molar-refractivity contribution in [2.24, 2.45) is 11.7 Å². The first-order valence-corrected chi connectivity index (χ1v) is 6.31. The third kappa shape index (κ3) is 2.13. The number of hydrogen-bond acceptors (Lipinski definition) is 5. The van der Waals surface area contributed by atoms with E-state index in [1.165, 1.54) is 18.0 Å². The normalized spacial score (nSPS) is 26.2. The fourth-order valence-electron chi connectivity index (χ4n) is 2.08. The molecule has 1 fully saturated rings. The monoisotopic (exact) mass is 226 g/mol. The van der Waals surface area contributed by atoms with E-state index in [2.05, 4.69) is 28.1 Å². The summed E-state index contributed by atoms with van der Waals surface area (Å²) in [5.74, 6) is 1.58. The number of anilines is 1. The van der Waals surface area contributed by atoms with Crippen LogP contribution in [0.4, 0.5) is 5.13 Å². The lowest BCUT2D eigenvalue weighted by molar-refractivity contribution is 0.579. The van der Waals surface area contributed by atoms with Gasteiger partial charge in [-0.05, 0) is 25.8 Å². The molecule has 0 spiro atoms. The molecular weight excluding hydrogens is 208 g/mol. The summed E-state index contributed by atoms with van der Waals surface area (Å²) in [6.45, 7) is 6.14. The lowest BCUT2D eigenvalue weighted by atomic mass is 10.1. The maximum absolute atomic E-state index is 5.71. The molecule has 1 aromatic rings. The maximum Gasteiger partial charge on any atom is 0.205 e. The lowest BCUT2D eigenvalue weighted by Gasteiger charge is -2.19. The summed E-state index contributed by atoms with van der Waals surface area (Å²) in [7, 11) is 0. The molecule has 0 radical (unpaired) electrons. The van der Waals surface area contributed by atoms with Crippen molar-refractivity contribution in [2.45, 2.75) is 32.7 Å². The van der Waals surface area contributed by atoms with Gasteiger partial charge in [-0.15, -0.1) is 0 Å².